The van der Waals surface area contributed by atoms with Crippen molar-refractivity contribution in [2.24, 2.45) is 0 Å². The van der Waals surface area contributed by atoms with Crippen molar-refractivity contribution in [2.75, 3.05) is 32.2 Å². The van der Waals surface area contributed by atoms with Crippen LogP contribution in [0.5, 0.6) is 5.75 Å². The number of ether oxygens (including phenoxy) is 2. The van der Waals surface area contributed by atoms with Crippen LogP contribution in [0.2, 0.25) is 0 Å². The summed E-state index contributed by atoms with van der Waals surface area (Å²) in [5.41, 5.74) is 2.06. The molecule has 2 aromatic rings. The number of nitrogens with one attached hydrogen (secondary N) is 2. The van der Waals surface area contributed by atoms with Crippen molar-refractivity contribution in [1.29, 1.82) is 0 Å². The Balaban J connectivity index is 2.45. The molecule has 0 saturated carbocycles. The first-order valence-electron chi connectivity index (χ1n) is 11.9. The molecule has 0 radical (unpaired) electrons. The van der Waals surface area contributed by atoms with Gasteiger partial charge in [-0.3, -0.25) is 9.59 Å². The van der Waals surface area contributed by atoms with E-state index in [1.165, 1.54) is 7.11 Å². The smallest absolute Gasteiger partial charge is 0.408 e. The van der Waals surface area contributed by atoms with E-state index in [-0.39, 0.29) is 6.54 Å². The largest absolute Gasteiger partial charge is 0.497 e. The topological polar surface area (TPSA) is 137 Å². The van der Waals surface area contributed by atoms with E-state index in [1.807, 2.05) is 19.9 Å². The van der Waals surface area contributed by atoms with Gasteiger partial charge in [0.15, 0.2) is 0 Å². The van der Waals surface area contributed by atoms with E-state index in [1.54, 1.807) is 57.2 Å². The number of hydrogen-bond acceptors (Lipinski definition) is 7. The normalized spacial score (nSPS) is 12.8. The molecule has 0 aliphatic carbocycles. The van der Waals surface area contributed by atoms with Gasteiger partial charge in [0.25, 0.3) is 5.91 Å². The van der Waals surface area contributed by atoms with Gasteiger partial charge in [-0.1, -0.05) is 18.2 Å². The number of carbonyl (C=O) groups is 3. The van der Waals surface area contributed by atoms with E-state index in [0.717, 1.165) is 16.0 Å². The minimum absolute atomic E-state index is 0.223. The van der Waals surface area contributed by atoms with Crippen LogP contribution >= 0.6 is 0 Å². The van der Waals surface area contributed by atoms with E-state index < -0.39 is 48.8 Å². The summed E-state index contributed by atoms with van der Waals surface area (Å²) in [6, 6.07) is 9.48. The van der Waals surface area contributed by atoms with Crippen molar-refractivity contribution in [3.63, 3.8) is 0 Å². The number of rotatable bonds is 10. The maximum atomic E-state index is 13.6. The lowest BCUT2D eigenvalue weighted by Crippen LogP contribution is -2.54. The van der Waals surface area contributed by atoms with Crippen LogP contribution in [0.3, 0.4) is 0 Å². The molecular weight excluding hydrogens is 478 g/mol. The number of nitrogens with zero attached hydrogens (tertiary/aromatic N) is 1. The van der Waals surface area contributed by atoms with E-state index in [0.29, 0.717) is 17.0 Å². The summed E-state index contributed by atoms with van der Waals surface area (Å²) in [6.07, 6.45) is -0.894. The van der Waals surface area contributed by atoms with Crippen molar-refractivity contribution < 1.29 is 34.1 Å². The maximum Gasteiger partial charge on any atom is 0.408 e. The SMILES string of the molecule is COc1ccc(NC(=O)C(c2ccc(C)c(C)c2)N(CCO)C(=O)C(CO)NC(=O)OC(C)(C)C)cc1. The highest BCUT2D eigenvalue weighted by atomic mass is 16.6. The zero-order chi connectivity index (χ0) is 27.8. The van der Waals surface area contributed by atoms with Gasteiger partial charge in [0.2, 0.25) is 5.91 Å². The summed E-state index contributed by atoms with van der Waals surface area (Å²) >= 11 is 0. The lowest BCUT2D eigenvalue weighted by Gasteiger charge is -2.34. The molecule has 2 rings (SSSR count). The van der Waals surface area contributed by atoms with Crippen LogP contribution in [0.15, 0.2) is 42.5 Å². The van der Waals surface area contributed by atoms with Crippen molar-refractivity contribution in [1.82, 2.24) is 10.2 Å². The molecule has 2 aromatic carbocycles. The second kappa shape index (κ2) is 13.1. The molecule has 0 saturated heterocycles. The highest BCUT2D eigenvalue weighted by Crippen LogP contribution is 2.26. The Labute approximate surface area is 217 Å². The first-order valence-corrected chi connectivity index (χ1v) is 11.9. The number of aliphatic hydroxyl groups excluding tert-OH is 2. The number of aliphatic hydroxyl groups is 2. The van der Waals surface area contributed by atoms with Crippen LogP contribution in [-0.2, 0) is 14.3 Å². The molecule has 202 valence electrons. The molecule has 3 amide bonds. The summed E-state index contributed by atoms with van der Waals surface area (Å²) in [5.74, 6) is -0.681. The third-order valence-corrected chi connectivity index (χ3v) is 5.56. The molecular formula is C27H37N3O7. The fourth-order valence-electron chi connectivity index (χ4n) is 3.60. The molecule has 0 heterocycles. The Hall–Kier alpha value is -3.63. The van der Waals surface area contributed by atoms with Gasteiger partial charge in [-0.25, -0.2) is 4.79 Å². The number of hydrogen-bond donors (Lipinski definition) is 4. The molecule has 4 N–H and O–H groups in total. The molecule has 0 aliphatic heterocycles. The molecule has 10 nitrogen and oxygen atoms in total. The molecule has 0 aliphatic rings. The number of benzene rings is 2. The summed E-state index contributed by atoms with van der Waals surface area (Å²) in [7, 11) is 1.53. The molecule has 0 spiro atoms. The predicted molar refractivity (Wildman–Crippen MR) is 139 cm³/mol. The summed E-state index contributed by atoms with van der Waals surface area (Å²) in [4.78, 5) is 40.6. The molecule has 2 atom stereocenters. The highest BCUT2D eigenvalue weighted by Gasteiger charge is 2.36. The number of aryl methyl sites for hydroxylation is 2. The second-order valence-electron chi connectivity index (χ2n) is 9.60. The molecule has 37 heavy (non-hydrogen) atoms. The van der Waals surface area contributed by atoms with Crippen molar-refractivity contribution in [3.05, 3.63) is 59.2 Å². The van der Waals surface area contributed by atoms with Crippen LogP contribution in [-0.4, -0.2) is 71.5 Å². The van der Waals surface area contributed by atoms with Crippen LogP contribution in [0.4, 0.5) is 10.5 Å². The van der Waals surface area contributed by atoms with Gasteiger partial charge < -0.3 is 35.2 Å². The Morgan fingerprint density at radius 3 is 2.16 bits per heavy atom. The van der Waals surface area contributed by atoms with Gasteiger partial charge in [-0.2, -0.15) is 0 Å². The van der Waals surface area contributed by atoms with Gasteiger partial charge in [0.05, 0.1) is 20.3 Å². The lowest BCUT2D eigenvalue weighted by molar-refractivity contribution is -0.142. The van der Waals surface area contributed by atoms with Crippen LogP contribution in [0, 0.1) is 13.8 Å². The number of amides is 3. The standard InChI is InChI=1S/C27H37N3O7/c1-17-7-8-19(15-18(17)2)23(24(33)28-20-9-11-21(36-6)12-10-20)30(13-14-31)25(34)22(16-32)29-26(35)37-27(3,4)5/h7-12,15,22-23,31-32H,13-14,16H2,1-6H3,(H,28,33)(H,29,35). The highest BCUT2D eigenvalue weighted by molar-refractivity contribution is 5.99. The van der Waals surface area contributed by atoms with E-state index in [9.17, 15) is 24.6 Å². The Morgan fingerprint density at radius 2 is 1.65 bits per heavy atom. The van der Waals surface area contributed by atoms with Gasteiger partial charge in [0, 0.05) is 12.2 Å². The average Bonchev–Trinajstić information content (AvgIpc) is 2.83. The first kappa shape index (κ1) is 29.6. The van der Waals surface area contributed by atoms with E-state index in [2.05, 4.69) is 10.6 Å². The monoisotopic (exact) mass is 515 g/mol. The summed E-state index contributed by atoms with van der Waals surface area (Å²) in [6.45, 7) is 7.40. The zero-order valence-corrected chi connectivity index (χ0v) is 22.2. The minimum atomic E-state index is -1.40. The fourth-order valence-corrected chi connectivity index (χ4v) is 3.60. The lowest BCUT2D eigenvalue weighted by atomic mass is 9.98. The number of carbonyl (C=O) groups excluding carboxylic acids is 3. The summed E-state index contributed by atoms with van der Waals surface area (Å²) in [5, 5.41) is 24.9. The third-order valence-electron chi connectivity index (χ3n) is 5.56. The Kier molecular flexibility index (Phi) is 10.5. The van der Waals surface area contributed by atoms with Gasteiger partial charge in [0.1, 0.15) is 23.4 Å². The van der Waals surface area contributed by atoms with Crippen molar-refractivity contribution in [3.8, 4) is 5.75 Å². The maximum absolute atomic E-state index is 13.6. The van der Waals surface area contributed by atoms with E-state index in [4.69, 9.17) is 9.47 Å². The van der Waals surface area contributed by atoms with Crippen LogP contribution in [0.25, 0.3) is 0 Å². The van der Waals surface area contributed by atoms with Crippen molar-refractivity contribution >= 4 is 23.6 Å². The number of anilines is 1. The third kappa shape index (κ3) is 8.47. The quantitative estimate of drug-likeness (QED) is 0.382. The van der Waals surface area contributed by atoms with Crippen molar-refractivity contribution in [2.45, 2.75) is 52.3 Å². The van der Waals surface area contributed by atoms with Gasteiger partial charge in [-0.05, 0) is 75.6 Å². The minimum Gasteiger partial charge on any atom is -0.497 e. The average molecular weight is 516 g/mol. The summed E-state index contributed by atoms with van der Waals surface area (Å²) < 4.78 is 10.4. The predicted octanol–water partition coefficient (Wildman–Crippen LogP) is 2.70. The van der Waals surface area contributed by atoms with E-state index >= 15 is 0 Å². The van der Waals surface area contributed by atoms with Crippen LogP contribution in [0.1, 0.15) is 43.5 Å². The van der Waals surface area contributed by atoms with Gasteiger partial charge in [-0.15, -0.1) is 0 Å². The second-order valence-corrected chi connectivity index (χ2v) is 9.60. The Morgan fingerprint density at radius 1 is 1.00 bits per heavy atom. The fraction of sp³-hybridized carbons (Fsp3) is 0.444. The molecule has 0 bridgehead atoms. The number of alkyl carbamates (subject to hydrolysis) is 1. The number of methoxy groups -OCH3 is 1. The molecule has 10 heteroatoms. The molecule has 2 unspecified atom stereocenters. The van der Waals surface area contributed by atoms with Gasteiger partial charge >= 0.3 is 6.09 Å². The molecule has 0 fully saturated rings. The zero-order valence-electron chi connectivity index (χ0n) is 22.2. The first-order chi connectivity index (χ1) is 17.4. The van der Waals surface area contributed by atoms with Crippen LogP contribution < -0.4 is 15.4 Å². The molecule has 0 aromatic heterocycles. The Bertz CT molecular complexity index is 1080.